The van der Waals surface area contributed by atoms with Crippen molar-refractivity contribution in [1.82, 2.24) is 4.98 Å². The topological polar surface area (TPSA) is 16.1 Å². The van der Waals surface area contributed by atoms with E-state index in [0.717, 1.165) is 12.4 Å². The Kier molecular flexibility index (Phi) is 2.71. The molecule has 1 atom stereocenters. The van der Waals surface area contributed by atoms with Crippen LogP contribution in [0.15, 0.2) is 18.3 Å². The SMILES string of the molecule is Cc1ccnc(N2CCCCC2C)c1. The average molecular weight is 190 g/mol. The molecule has 0 radical (unpaired) electrons. The van der Waals surface area contributed by atoms with Gasteiger partial charge in [-0.2, -0.15) is 0 Å². The van der Waals surface area contributed by atoms with Crippen LogP contribution in [0, 0.1) is 6.92 Å². The van der Waals surface area contributed by atoms with Crippen LogP contribution in [-0.2, 0) is 0 Å². The van der Waals surface area contributed by atoms with E-state index in [1.807, 2.05) is 6.20 Å². The van der Waals surface area contributed by atoms with Crippen LogP contribution in [0.3, 0.4) is 0 Å². The molecule has 2 rings (SSSR count). The monoisotopic (exact) mass is 190 g/mol. The minimum atomic E-state index is 0.651. The number of nitrogens with zero attached hydrogens (tertiary/aromatic N) is 2. The summed E-state index contributed by atoms with van der Waals surface area (Å²) in [6.45, 7) is 5.58. The van der Waals surface area contributed by atoms with Gasteiger partial charge in [-0.1, -0.05) is 0 Å². The highest BCUT2D eigenvalue weighted by molar-refractivity contribution is 5.42. The van der Waals surface area contributed by atoms with Crippen LogP contribution in [0.2, 0.25) is 0 Å². The summed E-state index contributed by atoms with van der Waals surface area (Å²) in [4.78, 5) is 6.87. The van der Waals surface area contributed by atoms with Gasteiger partial charge in [0, 0.05) is 18.8 Å². The number of rotatable bonds is 1. The molecule has 2 heterocycles. The van der Waals surface area contributed by atoms with Crippen molar-refractivity contribution in [3.63, 3.8) is 0 Å². The lowest BCUT2D eigenvalue weighted by Gasteiger charge is -2.34. The summed E-state index contributed by atoms with van der Waals surface area (Å²) in [5.74, 6) is 1.15. The van der Waals surface area contributed by atoms with Gasteiger partial charge < -0.3 is 4.90 Å². The second kappa shape index (κ2) is 3.99. The van der Waals surface area contributed by atoms with Crippen molar-refractivity contribution in [3.05, 3.63) is 23.9 Å². The van der Waals surface area contributed by atoms with Crippen LogP contribution < -0.4 is 4.90 Å². The highest BCUT2D eigenvalue weighted by atomic mass is 15.2. The first-order valence-electron chi connectivity index (χ1n) is 5.46. The Hall–Kier alpha value is -1.05. The third kappa shape index (κ3) is 1.89. The fourth-order valence-corrected chi connectivity index (χ4v) is 2.12. The predicted octanol–water partition coefficient (Wildman–Crippen LogP) is 2.77. The van der Waals surface area contributed by atoms with Gasteiger partial charge in [0.05, 0.1) is 0 Å². The summed E-state index contributed by atoms with van der Waals surface area (Å²) in [7, 11) is 0. The molecule has 1 aliphatic heterocycles. The number of hydrogen-bond donors (Lipinski definition) is 0. The number of aromatic nitrogens is 1. The van der Waals surface area contributed by atoms with Gasteiger partial charge in [-0.15, -0.1) is 0 Å². The van der Waals surface area contributed by atoms with Gasteiger partial charge in [0.1, 0.15) is 5.82 Å². The summed E-state index contributed by atoms with van der Waals surface area (Å²) in [5.41, 5.74) is 1.30. The van der Waals surface area contributed by atoms with E-state index >= 15 is 0 Å². The zero-order valence-electron chi connectivity index (χ0n) is 9.03. The molecule has 1 aromatic rings. The first-order valence-corrected chi connectivity index (χ1v) is 5.46. The summed E-state index contributed by atoms with van der Waals surface area (Å²) in [6, 6.07) is 4.89. The fraction of sp³-hybridized carbons (Fsp3) is 0.583. The largest absolute Gasteiger partial charge is 0.354 e. The first-order chi connectivity index (χ1) is 6.77. The standard InChI is InChI=1S/C12H18N2/c1-10-6-7-13-12(9-10)14-8-4-3-5-11(14)2/h6-7,9,11H,3-5,8H2,1-2H3. The van der Waals surface area contributed by atoms with Crippen molar-refractivity contribution in [2.75, 3.05) is 11.4 Å². The zero-order valence-corrected chi connectivity index (χ0v) is 9.03. The maximum absolute atomic E-state index is 4.44. The number of anilines is 1. The molecule has 1 aliphatic rings. The van der Waals surface area contributed by atoms with E-state index in [2.05, 4.69) is 35.9 Å². The van der Waals surface area contributed by atoms with Gasteiger partial charge in [0.25, 0.3) is 0 Å². The minimum absolute atomic E-state index is 0.651. The molecule has 0 amide bonds. The van der Waals surface area contributed by atoms with Gasteiger partial charge in [-0.25, -0.2) is 4.98 Å². The van der Waals surface area contributed by atoms with E-state index in [4.69, 9.17) is 0 Å². The molecule has 14 heavy (non-hydrogen) atoms. The van der Waals surface area contributed by atoms with Crippen molar-refractivity contribution in [3.8, 4) is 0 Å². The van der Waals surface area contributed by atoms with Gasteiger partial charge in [-0.05, 0) is 50.8 Å². The van der Waals surface area contributed by atoms with Crippen molar-refractivity contribution >= 4 is 5.82 Å². The number of hydrogen-bond acceptors (Lipinski definition) is 2. The van der Waals surface area contributed by atoms with E-state index in [9.17, 15) is 0 Å². The lowest BCUT2D eigenvalue weighted by atomic mass is 10.0. The smallest absolute Gasteiger partial charge is 0.128 e. The van der Waals surface area contributed by atoms with Gasteiger partial charge in [0.15, 0.2) is 0 Å². The third-order valence-electron chi connectivity index (χ3n) is 3.00. The molecule has 0 saturated carbocycles. The predicted molar refractivity (Wildman–Crippen MR) is 59.6 cm³/mol. The molecule has 0 aromatic carbocycles. The second-order valence-corrected chi connectivity index (χ2v) is 4.23. The van der Waals surface area contributed by atoms with Crippen LogP contribution >= 0.6 is 0 Å². The molecule has 76 valence electrons. The number of aryl methyl sites for hydroxylation is 1. The van der Waals surface area contributed by atoms with E-state index in [1.54, 1.807) is 0 Å². The summed E-state index contributed by atoms with van der Waals surface area (Å²) in [5, 5.41) is 0. The molecule has 2 nitrogen and oxygen atoms in total. The van der Waals surface area contributed by atoms with E-state index in [1.165, 1.54) is 24.8 Å². The normalized spacial score (nSPS) is 22.4. The van der Waals surface area contributed by atoms with Crippen molar-refractivity contribution in [1.29, 1.82) is 0 Å². The maximum Gasteiger partial charge on any atom is 0.128 e. The molecule has 1 aromatic heterocycles. The third-order valence-corrected chi connectivity index (χ3v) is 3.00. The summed E-state index contributed by atoms with van der Waals surface area (Å²) in [6.07, 6.45) is 5.88. The van der Waals surface area contributed by atoms with Crippen molar-refractivity contribution < 1.29 is 0 Å². The lowest BCUT2D eigenvalue weighted by Crippen LogP contribution is -2.37. The Morgan fingerprint density at radius 3 is 3.00 bits per heavy atom. The van der Waals surface area contributed by atoms with E-state index < -0.39 is 0 Å². The Bertz CT molecular complexity index is 309. The fourth-order valence-electron chi connectivity index (χ4n) is 2.12. The minimum Gasteiger partial charge on any atom is -0.354 e. The summed E-state index contributed by atoms with van der Waals surface area (Å²) < 4.78 is 0. The van der Waals surface area contributed by atoms with Gasteiger partial charge >= 0.3 is 0 Å². The molecule has 1 fully saturated rings. The second-order valence-electron chi connectivity index (χ2n) is 4.23. The van der Waals surface area contributed by atoms with Crippen molar-refractivity contribution in [2.45, 2.75) is 39.2 Å². The molecule has 1 saturated heterocycles. The van der Waals surface area contributed by atoms with E-state index in [0.29, 0.717) is 6.04 Å². The Balaban J connectivity index is 2.20. The molecule has 0 bridgehead atoms. The van der Waals surface area contributed by atoms with E-state index in [-0.39, 0.29) is 0 Å². The molecule has 0 N–H and O–H groups in total. The molecule has 1 unspecified atom stereocenters. The maximum atomic E-state index is 4.44. The van der Waals surface area contributed by atoms with Crippen LogP contribution in [-0.4, -0.2) is 17.6 Å². The molecule has 0 aliphatic carbocycles. The Morgan fingerprint density at radius 1 is 1.43 bits per heavy atom. The molecule has 0 spiro atoms. The summed E-state index contributed by atoms with van der Waals surface area (Å²) >= 11 is 0. The molecular formula is C12H18N2. The van der Waals surface area contributed by atoms with Gasteiger partial charge in [0.2, 0.25) is 0 Å². The zero-order chi connectivity index (χ0) is 9.97. The molecular weight excluding hydrogens is 172 g/mol. The molecule has 2 heteroatoms. The Morgan fingerprint density at radius 2 is 2.29 bits per heavy atom. The van der Waals surface area contributed by atoms with Crippen LogP contribution in [0.4, 0.5) is 5.82 Å². The van der Waals surface area contributed by atoms with Crippen LogP contribution in [0.1, 0.15) is 31.7 Å². The highest BCUT2D eigenvalue weighted by Crippen LogP contribution is 2.22. The number of piperidine rings is 1. The first kappa shape index (κ1) is 9.50. The highest BCUT2D eigenvalue weighted by Gasteiger charge is 2.19. The van der Waals surface area contributed by atoms with Gasteiger partial charge in [-0.3, -0.25) is 0 Å². The Labute approximate surface area is 86.0 Å². The number of pyridine rings is 1. The quantitative estimate of drug-likeness (QED) is 0.677. The lowest BCUT2D eigenvalue weighted by molar-refractivity contribution is 0.481. The average Bonchev–Trinajstić information content (AvgIpc) is 2.18. The van der Waals surface area contributed by atoms with Crippen LogP contribution in [0.5, 0.6) is 0 Å². The van der Waals surface area contributed by atoms with Crippen LogP contribution in [0.25, 0.3) is 0 Å². The van der Waals surface area contributed by atoms with Crippen molar-refractivity contribution in [2.24, 2.45) is 0 Å².